The molecule has 0 saturated carbocycles. The normalized spacial score (nSPS) is 11.1. The van der Waals surface area contributed by atoms with E-state index in [1.54, 1.807) is 0 Å². The second-order valence-corrected chi connectivity index (χ2v) is 5.08. The predicted octanol–water partition coefficient (Wildman–Crippen LogP) is 1.98. The molecule has 0 aromatic carbocycles. The van der Waals surface area contributed by atoms with Crippen molar-refractivity contribution < 1.29 is 19.3 Å². The van der Waals surface area contributed by atoms with Crippen LogP contribution in [-0.2, 0) is 14.2 Å². The van der Waals surface area contributed by atoms with E-state index in [0.29, 0.717) is 33.0 Å². The van der Waals surface area contributed by atoms with Crippen LogP contribution in [0.4, 0.5) is 0 Å². The smallest absolute Gasteiger partial charge is 0.0701 e. The van der Waals surface area contributed by atoms with E-state index in [2.05, 4.69) is 12.2 Å². The highest BCUT2D eigenvalue weighted by molar-refractivity contribution is 4.49. The average molecular weight is 305 g/mol. The Morgan fingerprint density at radius 3 is 1.90 bits per heavy atom. The summed E-state index contributed by atoms with van der Waals surface area (Å²) >= 11 is 0. The number of aliphatic hydroxyl groups excluding tert-OH is 1. The van der Waals surface area contributed by atoms with E-state index in [9.17, 15) is 0 Å². The van der Waals surface area contributed by atoms with Crippen LogP contribution in [0.25, 0.3) is 0 Å². The van der Waals surface area contributed by atoms with Crippen LogP contribution >= 0.6 is 0 Å². The lowest BCUT2D eigenvalue weighted by atomic mass is 10.1. The van der Waals surface area contributed by atoms with Crippen LogP contribution in [-0.4, -0.2) is 64.4 Å². The van der Waals surface area contributed by atoms with Gasteiger partial charge in [0.2, 0.25) is 0 Å². The maximum Gasteiger partial charge on any atom is 0.0701 e. The molecular formula is C16H35NO4. The summed E-state index contributed by atoms with van der Waals surface area (Å²) in [7, 11) is 0. The summed E-state index contributed by atoms with van der Waals surface area (Å²) in [6.07, 6.45) is 8.03. The van der Waals surface area contributed by atoms with E-state index in [1.807, 2.05) is 0 Å². The minimum Gasteiger partial charge on any atom is -0.394 e. The van der Waals surface area contributed by atoms with Crippen LogP contribution in [0, 0.1) is 0 Å². The van der Waals surface area contributed by atoms with Crippen molar-refractivity contribution in [1.29, 1.82) is 0 Å². The minimum absolute atomic E-state index is 0.0643. The number of aliphatic hydroxyl groups is 1. The van der Waals surface area contributed by atoms with Crippen molar-refractivity contribution in [3.63, 3.8) is 0 Å². The maximum atomic E-state index is 8.50. The molecule has 0 bridgehead atoms. The number of nitrogens with one attached hydrogen (secondary N) is 1. The van der Waals surface area contributed by atoms with Gasteiger partial charge in [0.25, 0.3) is 0 Å². The molecule has 0 amide bonds. The highest BCUT2D eigenvalue weighted by Gasteiger charge is 1.93. The first-order valence-electron chi connectivity index (χ1n) is 8.46. The van der Waals surface area contributed by atoms with Crippen molar-refractivity contribution in [1.82, 2.24) is 5.32 Å². The predicted molar refractivity (Wildman–Crippen MR) is 85.8 cm³/mol. The van der Waals surface area contributed by atoms with Crippen LogP contribution in [0.5, 0.6) is 0 Å². The van der Waals surface area contributed by atoms with Crippen LogP contribution in [0.1, 0.15) is 45.4 Å². The molecule has 0 aliphatic rings. The van der Waals surface area contributed by atoms with E-state index in [4.69, 9.17) is 19.3 Å². The Bertz CT molecular complexity index is 164. The van der Waals surface area contributed by atoms with Crippen molar-refractivity contribution in [2.24, 2.45) is 0 Å². The molecule has 0 aliphatic heterocycles. The van der Waals surface area contributed by atoms with Gasteiger partial charge in [0.15, 0.2) is 0 Å². The van der Waals surface area contributed by atoms with Crippen molar-refractivity contribution in [3.05, 3.63) is 0 Å². The molecule has 2 N–H and O–H groups in total. The molecule has 128 valence electrons. The number of ether oxygens (including phenoxy) is 3. The first-order valence-corrected chi connectivity index (χ1v) is 8.46. The molecule has 0 rings (SSSR count). The van der Waals surface area contributed by atoms with Gasteiger partial charge in [-0.05, 0) is 13.0 Å². The third-order valence-corrected chi connectivity index (χ3v) is 3.11. The van der Waals surface area contributed by atoms with Gasteiger partial charge in [0, 0.05) is 6.54 Å². The third kappa shape index (κ3) is 19.8. The SMILES string of the molecule is CCCCCCCCNCCOCCOCCOCCO. The molecule has 0 radical (unpaired) electrons. The fraction of sp³-hybridized carbons (Fsp3) is 1.00. The first-order chi connectivity index (χ1) is 10.4. The quantitative estimate of drug-likeness (QED) is 0.379. The standard InChI is InChI=1S/C16H35NO4/c1-2-3-4-5-6-7-8-17-9-11-19-13-15-21-16-14-20-12-10-18/h17-18H,2-16H2,1H3. The Hall–Kier alpha value is -0.200. The summed E-state index contributed by atoms with van der Waals surface area (Å²) < 4.78 is 15.8. The molecule has 0 saturated heterocycles. The third-order valence-electron chi connectivity index (χ3n) is 3.11. The molecule has 21 heavy (non-hydrogen) atoms. The van der Waals surface area contributed by atoms with Gasteiger partial charge >= 0.3 is 0 Å². The summed E-state index contributed by atoms with van der Waals surface area (Å²) in [4.78, 5) is 0. The summed E-state index contributed by atoms with van der Waals surface area (Å²) in [5.74, 6) is 0. The fourth-order valence-electron chi connectivity index (χ4n) is 1.91. The Kier molecular flexibility index (Phi) is 19.6. The molecule has 0 aliphatic carbocycles. The zero-order valence-corrected chi connectivity index (χ0v) is 13.8. The Morgan fingerprint density at radius 1 is 0.667 bits per heavy atom. The number of hydrogen-bond donors (Lipinski definition) is 2. The molecule has 0 atom stereocenters. The molecule has 0 spiro atoms. The molecule has 5 heteroatoms. The lowest BCUT2D eigenvalue weighted by Gasteiger charge is -2.07. The van der Waals surface area contributed by atoms with E-state index in [1.165, 1.54) is 38.5 Å². The molecule has 0 aromatic rings. The van der Waals surface area contributed by atoms with Crippen LogP contribution in [0.15, 0.2) is 0 Å². The molecule has 0 aromatic heterocycles. The zero-order valence-electron chi connectivity index (χ0n) is 13.8. The number of hydrogen-bond acceptors (Lipinski definition) is 5. The largest absolute Gasteiger partial charge is 0.394 e. The number of unbranched alkanes of at least 4 members (excludes halogenated alkanes) is 5. The highest BCUT2D eigenvalue weighted by atomic mass is 16.5. The van der Waals surface area contributed by atoms with Crippen LogP contribution in [0.2, 0.25) is 0 Å². The summed E-state index contributed by atoms with van der Waals surface area (Å²) in [6, 6.07) is 0. The van der Waals surface area contributed by atoms with Crippen molar-refractivity contribution in [2.45, 2.75) is 45.4 Å². The minimum atomic E-state index is 0.0643. The lowest BCUT2D eigenvalue weighted by molar-refractivity contribution is 0.00822. The monoisotopic (exact) mass is 305 g/mol. The maximum absolute atomic E-state index is 8.50. The molecule has 0 fully saturated rings. The highest BCUT2D eigenvalue weighted by Crippen LogP contribution is 2.03. The van der Waals surface area contributed by atoms with E-state index in [0.717, 1.165) is 19.7 Å². The van der Waals surface area contributed by atoms with Crippen molar-refractivity contribution in [2.75, 3.05) is 59.3 Å². The molecule has 5 nitrogen and oxygen atoms in total. The van der Waals surface area contributed by atoms with Gasteiger partial charge in [-0.3, -0.25) is 0 Å². The summed E-state index contributed by atoms with van der Waals surface area (Å²) in [5, 5.41) is 11.9. The van der Waals surface area contributed by atoms with E-state index >= 15 is 0 Å². The van der Waals surface area contributed by atoms with Crippen LogP contribution in [0.3, 0.4) is 0 Å². The number of rotatable bonds is 18. The van der Waals surface area contributed by atoms with Gasteiger partial charge in [-0.15, -0.1) is 0 Å². The summed E-state index contributed by atoms with van der Waals surface area (Å²) in [5.41, 5.74) is 0. The van der Waals surface area contributed by atoms with Gasteiger partial charge in [0.05, 0.1) is 46.2 Å². The van der Waals surface area contributed by atoms with Gasteiger partial charge in [0.1, 0.15) is 0 Å². The Labute approximate surface area is 130 Å². The van der Waals surface area contributed by atoms with Gasteiger partial charge in [-0.2, -0.15) is 0 Å². The van der Waals surface area contributed by atoms with Gasteiger partial charge in [-0.25, -0.2) is 0 Å². The Morgan fingerprint density at radius 2 is 1.24 bits per heavy atom. The zero-order chi connectivity index (χ0) is 15.4. The van der Waals surface area contributed by atoms with Crippen molar-refractivity contribution in [3.8, 4) is 0 Å². The topological polar surface area (TPSA) is 60.0 Å². The molecule has 0 unspecified atom stereocenters. The van der Waals surface area contributed by atoms with Gasteiger partial charge in [-0.1, -0.05) is 39.0 Å². The van der Waals surface area contributed by atoms with E-state index < -0.39 is 0 Å². The Balaban J connectivity index is 2.90. The fourth-order valence-corrected chi connectivity index (χ4v) is 1.91. The van der Waals surface area contributed by atoms with Gasteiger partial charge < -0.3 is 24.6 Å². The average Bonchev–Trinajstić information content (AvgIpc) is 2.50. The summed E-state index contributed by atoms with van der Waals surface area (Å²) in [6.45, 7) is 7.73. The molecular weight excluding hydrogens is 270 g/mol. The van der Waals surface area contributed by atoms with Crippen molar-refractivity contribution >= 4 is 0 Å². The first kappa shape index (κ1) is 20.8. The second-order valence-electron chi connectivity index (χ2n) is 5.08. The second kappa shape index (κ2) is 19.8. The molecule has 0 heterocycles. The van der Waals surface area contributed by atoms with Crippen LogP contribution < -0.4 is 5.32 Å². The van der Waals surface area contributed by atoms with E-state index in [-0.39, 0.29) is 6.61 Å². The lowest BCUT2D eigenvalue weighted by Crippen LogP contribution is -2.21.